The smallest absolute Gasteiger partial charge is 0.335 e. The number of carbonyl (C=O) groups excluding carboxylic acids is 3. The van der Waals surface area contributed by atoms with Crippen LogP contribution in [-0.2, 0) is 9.59 Å². The fourth-order valence-electron chi connectivity index (χ4n) is 4.06. The summed E-state index contributed by atoms with van der Waals surface area (Å²) in [4.78, 5) is 62.1. The highest BCUT2D eigenvalue weighted by Crippen LogP contribution is 2.27. The highest BCUT2D eigenvalue weighted by molar-refractivity contribution is 6.39. The van der Waals surface area contributed by atoms with Gasteiger partial charge in [-0.2, -0.15) is 0 Å². The molecule has 1 aromatic heterocycles. The van der Waals surface area contributed by atoms with Crippen LogP contribution in [0.25, 0.3) is 11.8 Å². The highest BCUT2D eigenvalue weighted by atomic mass is 16.4. The van der Waals surface area contributed by atoms with E-state index < -0.39 is 29.8 Å². The zero-order valence-electron chi connectivity index (χ0n) is 19.5. The number of aromatic nitrogens is 1. The highest BCUT2D eigenvalue weighted by Gasteiger charge is 2.37. The second kappa shape index (κ2) is 8.99. The molecule has 1 aliphatic rings. The Kier molecular flexibility index (Phi) is 6.03. The summed E-state index contributed by atoms with van der Waals surface area (Å²) in [5, 5.41) is 21.0. The van der Waals surface area contributed by atoms with Crippen LogP contribution < -0.4 is 10.2 Å². The molecular weight excluding hydrogens is 466 g/mol. The number of benzene rings is 2. The Morgan fingerprint density at radius 3 is 1.97 bits per heavy atom. The van der Waals surface area contributed by atoms with Crippen molar-refractivity contribution in [2.45, 2.75) is 20.8 Å². The maximum Gasteiger partial charge on any atom is 0.335 e. The van der Waals surface area contributed by atoms with E-state index in [4.69, 9.17) is 0 Å². The van der Waals surface area contributed by atoms with Crippen molar-refractivity contribution in [2.24, 2.45) is 0 Å². The molecule has 1 fully saturated rings. The minimum atomic E-state index is -1.28. The summed E-state index contributed by atoms with van der Waals surface area (Å²) in [6.45, 7) is 5.26. The van der Waals surface area contributed by atoms with Crippen molar-refractivity contribution in [1.29, 1.82) is 0 Å². The van der Waals surface area contributed by atoms with Crippen LogP contribution in [0.3, 0.4) is 0 Å². The van der Waals surface area contributed by atoms with Gasteiger partial charge in [0.05, 0.1) is 16.8 Å². The van der Waals surface area contributed by atoms with Crippen molar-refractivity contribution < 1.29 is 34.2 Å². The monoisotopic (exact) mass is 487 g/mol. The molecular formula is C26H21N3O7. The molecule has 0 atom stereocenters. The average Bonchev–Trinajstić information content (AvgIpc) is 3.10. The van der Waals surface area contributed by atoms with Crippen LogP contribution in [0.2, 0.25) is 0 Å². The van der Waals surface area contributed by atoms with Gasteiger partial charge in [-0.25, -0.2) is 19.3 Å². The van der Waals surface area contributed by atoms with Crippen molar-refractivity contribution in [3.05, 3.63) is 87.7 Å². The number of anilines is 1. The maximum atomic E-state index is 13.2. The number of urea groups is 1. The fraction of sp³-hybridized carbons (Fsp3) is 0.115. The minimum Gasteiger partial charge on any atom is -0.478 e. The molecule has 10 heteroatoms. The third-order valence-electron chi connectivity index (χ3n) is 5.83. The van der Waals surface area contributed by atoms with Gasteiger partial charge in [-0.3, -0.25) is 14.9 Å². The number of nitrogens with one attached hydrogen (secondary N) is 1. The van der Waals surface area contributed by atoms with Crippen molar-refractivity contribution in [2.75, 3.05) is 4.90 Å². The number of imide groups is 2. The molecule has 0 unspecified atom stereocenters. The Balaban J connectivity index is 1.80. The lowest BCUT2D eigenvalue weighted by atomic mass is 10.1. The number of hydrogen-bond donors (Lipinski definition) is 3. The Labute approximate surface area is 205 Å². The van der Waals surface area contributed by atoms with Crippen LogP contribution in [0, 0.1) is 20.8 Å². The van der Waals surface area contributed by atoms with E-state index in [0.717, 1.165) is 16.5 Å². The predicted molar refractivity (Wildman–Crippen MR) is 129 cm³/mol. The van der Waals surface area contributed by atoms with Gasteiger partial charge >= 0.3 is 18.0 Å². The number of carboxylic acids is 2. The van der Waals surface area contributed by atoms with Gasteiger partial charge in [0.25, 0.3) is 11.8 Å². The number of barbiturate groups is 1. The molecule has 0 radical (unpaired) electrons. The summed E-state index contributed by atoms with van der Waals surface area (Å²) in [5.74, 6) is -4.21. The summed E-state index contributed by atoms with van der Waals surface area (Å²) in [7, 11) is 0. The summed E-state index contributed by atoms with van der Waals surface area (Å²) < 4.78 is 1.62. The van der Waals surface area contributed by atoms with E-state index >= 15 is 0 Å². The normalized spacial score (nSPS) is 14.8. The molecule has 2 aromatic carbocycles. The zero-order valence-corrected chi connectivity index (χ0v) is 19.5. The molecule has 4 amide bonds. The van der Waals surface area contributed by atoms with Crippen molar-refractivity contribution in [1.82, 2.24) is 9.88 Å². The van der Waals surface area contributed by atoms with Gasteiger partial charge in [0.15, 0.2) is 0 Å². The maximum absolute atomic E-state index is 13.2. The van der Waals surface area contributed by atoms with Crippen LogP contribution in [-0.4, -0.2) is 44.6 Å². The second-order valence-electron chi connectivity index (χ2n) is 8.33. The van der Waals surface area contributed by atoms with Crippen LogP contribution in [0.15, 0.2) is 54.1 Å². The lowest BCUT2D eigenvalue weighted by Crippen LogP contribution is -2.54. The Morgan fingerprint density at radius 1 is 0.833 bits per heavy atom. The molecule has 0 saturated carbocycles. The number of carboxylic acid groups (broad SMARTS) is 2. The third-order valence-corrected chi connectivity index (χ3v) is 5.83. The van der Waals surface area contributed by atoms with E-state index in [1.807, 2.05) is 6.92 Å². The number of amides is 4. The van der Waals surface area contributed by atoms with Crippen LogP contribution >= 0.6 is 0 Å². The first-order valence-electron chi connectivity index (χ1n) is 10.8. The van der Waals surface area contributed by atoms with E-state index in [0.29, 0.717) is 28.3 Å². The second-order valence-corrected chi connectivity index (χ2v) is 8.33. The Morgan fingerprint density at radius 2 is 1.42 bits per heavy atom. The molecule has 182 valence electrons. The third kappa shape index (κ3) is 4.27. The average molecular weight is 487 g/mol. The molecule has 36 heavy (non-hydrogen) atoms. The number of aromatic carboxylic acids is 2. The van der Waals surface area contributed by atoms with Crippen molar-refractivity contribution in [3.8, 4) is 5.69 Å². The minimum absolute atomic E-state index is 0.202. The molecule has 4 rings (SSSR count). The van der Waals surface area contributed by atoms with E-state index in [1.165, 1.54) is 18.2 Å². The SMILES string of the molecule is Cc1ccc(N2C(=O)NC(=O)/C(=C\c3cc(C)n(-c4cc(C(=O)O)cc(C(=O)O)c4)c3C)C2=O)cc1. The van der Waals surface area contributed by atoms with E-state index in [1.54, 1.807) is 48.7 Å². The molecule has 3 N–H and O–H groups in total. The molecule has 0 spiro atoms. The first-order valence-corrected chi connectivity index (χ1v) is 10.8. The molecule has 0 bridgehead atoms. The molecule has 10 nitrogen and oxygen atoms in total. The largest absolute Gasteiger partial charge is 0.478 e. The van der Waals surface area contributed by atoms with Crippen LogP contribution in [0.4, 0.5) is 10.5 Å². The van der Waals surface area contributed by atoms with E-state index in [2.05, 4.69) is 5.32 Å². The molecule has 2 heterocycles. The summed E-state index contributed by atoms with van der Waals surface area (Å²) in [5.41, 5.74) is 2.45. The number of nitrogens with zero attached hydrogens (tertiary/aromatic N) is 2. The number of hydrogen-bond acceptors (Lipinski definition) is 5. The molecule has 3 aromatic rings. The number of rotatable bonds is 5. The summed E-state index contributed by atoms with van der Waals surface area (Å²) >= 11 is 0. The van der Waals surface area contributed by atoms with Gasteiger partial charge in [-0.15, -0.1) is 0 Å². The molecule has 0 aliphatic carbocycles. The molecule has 1 saturated heterocycles. The van der Waals surface area contributed by atoms with Gasteiger partial charge in [-0.05, 0) is 68.8 Å². The zero-order chi connectivity index (χ0) is 26.3. The first-order chi connectivity index (χ1) is 17.0. The summed E-state index contributed by atoms with van der Waals surface area (Å²) in [6, 6.07) is 11.2. The van der Waals surface area contributed by atoms with Gasteiger partial charge in [0, 0.05) is 17.1 Å². The molecule has 1 aliphatic heterocycles. The number of carbonyl (C=O) groups is 5. The van der Waals surface area contributed by atoms with Gasteiger partial charge in [-0.1, -0.05) is 17.7 Å². The van der Waals surface area contributed by atoms with Gasteiger partial charge in [0.1, 0.15) is 5.57 Å². The standard InChI is InChI=1S/C26H21N3O7/c1-13-4-6-19(7-5-13)29-23(31)21(22(30)27-26(29)36)12-16-8-14(2)28(15(16)3)20-10-17(24(32)33)9-18(11-20)25(34)35/h4-12H,1-3H3,(H,32,33)(H,34,35)(H,27,30,36)/b21-12+. The van der Waals surface area contributed by atoms with E-state index in [-0.39, 0.29) is 16.7 Å². The fourth-order valence-corrected chi connectivity index (χ4v) is 4.06. The lowest BCUT2D eigenvalue weighted by Gasteiger charge is -2.26. The predicted octanol–water partition coefficient (Wildman–Crippen LogP) is 3.47. The van der Waals surface area contributed by atoms with Crippen molar-refractivity contribution >= 4 is 41.5 Å². The topological polar surface area (TPSA) is 146 Å². The number of aryl methyl sites for hydroxylation is 2. The van der Waals surface area contributed by atoms with Crippen molar-refractivity contribution in [3.63, 3.8) is 0 Å². The van der Waals surface area contributed by atoms with E-state index in [9.17, 15) is 34.2 Å². The van der Waals surface area contributed by atoms with Gasteiger partial charge in [0.2, 0.25) is 0 Å². The Hall–Kier alpha value is -4.99. The lowest BCUT2D eigenvalue weighted by molar-refractivity contribution is -0.122. The Bertz CT molecular complexity index is 1460. The van der Waals surface area contributed by atoms with Crippen LogP contribution in [0.1, 0.15) is 43.2 Å². The quantitative estimate of drug-likeness (QED) is 0.369. The first kappa shape index (κ1) is 24.1. The van der Waals surface area contributed by atoms with Crippen LogP contribution in [0.5, 0.6) is 0 Å². The van der Waals surface area contributed by atoms with Gasteiger partial charge < -0.3 is 14.8 Å². The summed E-state index contributed by atoms with van der Waals surface area (Å²) in [6.07, 6.45) is 1.35.